The SMILES string of the molecule is NC(=NCc1cccc2ccccc12)NC(=O)NCC1CCCC[C@H]1O. The van der Waals surface area contributed by atoms with Crippen LogP contribution in [0.3, 0.4) is 0 Å². The maximum absolute atomic E-state index is 12.0. The molecule has 6 nitrogen and oxygen atoms in total. The Morgan fingerprint density at radius 2 is 1.92 bits per heavy atom. The van der Waals surface area contributed by atoms with E-state index in [1.165, 1.54) is 0 Å². The van der Waals surface area contributed by atoms with E-state index in [4.69, 9.17) is 5.73 Å². The van der Waals surface area contributed by atoms with Crippen molar-refractivity contribution in [2.24, 2.45) is 16.6 Å². The number of aliphatic imine (C=N–C) groups is 1. The van der Waals surface area contributed by atoms with Gasteiger partial charge in [0.15, 0.2) is 5.96 Å². The molecule has 6 heteroatoms. The molecule has 0 spiro atoms. The average molecular weight is 354 g/mol. The predicted molar refractivity (Wildman–Crippen MR) is 104 cm³/mol. The van der Waals surface area contributed by atoms with E-state index in [-0.39, 0.29) is 24.0 Å². The molecule has 1 aliphatic rings. The lowest BCUT2D eigenvalue weighted by Gasteiger charge is -2.27. The summed E-state index contributed by atoms with van der Waals surface area (Å²) in [6.07, 6.45) is 3.56. The number of hydrogen-bond acceptors (Lipinski definition) is 3. The average Bonchev–Trinajstić information content (AvgIpc) is 2.65. The van der Waals surface area contributed by atoms with Crippen LogP contribution in [-0.4, -0.2) is 29.7 Å². The fraction of sp³-hybridized carbons (Fsp3) is 0.400. The highest BCUT2D eigenvalue weighted by molar-refractivity contribution is 5.95. The summed E-state index contributed by atoms with van der Waals surface area (Å²) in [5, 5.41) is 17.5. The van der Waals surface area contributed by atoms with E-state index in [1.807, 2.05) is 30.3 Å². The Morgan fingerprint density at radius 3 is 2.77 bits per heavy atom. The summed E-state index contributed by atoms with van der Waals surface area (Å²) < 4.78 is 0. The van der Waals surface area contributed by atoms with E-state index < -0.39 is 0 Å². The minimum atomic E-state index is -0.387. The molecule has 0 aromatic heterocycles. The zero-order valence-electron chi connectivity index (χ0n) is 14.8. The van der Waals surface area contributed by atoms with Crippen LogP contribution in [-0.2, 0) is 6.54 Å². The molecule has 1 saturated carbocycles. The second-order valence-electron chi connectivity index (χ2n) is 6.79. The Hall–Kier alpha value is -2.60. The summed E-state index contributed by atoms with van der Waals surface area (Å²) in [5.41, 5.74) is 6.89. The molecule has 2 atom stereocenters. The second-order valence-corrected chi connectivity index (χ2v) is 6.79. The Morgan fingerprint density at radius 1 is 1.15 bits per heavy atom. The molecule has 2 aromatic rings. The van der Waals surface area contributed by atoms with Gasteiger partial charge in [-0.25, -0.2) is 9.79 Å². The number of benzene rings is 2. The molecule has 0 bridgehead atoms. The number of hydrogen-bond donors (Lipinski definition) is 4. The van der Waals surface area contributed by atoms with Crippen LogP contribution in [0.25, 0.3) is 10.8 Å². The van der Waals surface area contributed by atoms with Gasteiger partial charge in [-0.3, -0.25) is 5.32 Å². The number of urea groups is 1. The van der Waals surface area contributed by atoms with E-state index in [0.29, 0.717) is 13.1 Å². The summed E-state index contributed by atoms with van der Waals surface area (Å²) in [6.45, 7) is 0.846. The Labute approximate surface area is 153 Å². The maximum Gasteiger partial charge on any atom is 0.321 e. The smallest absolute Gasteiger partial charge is 0.321 e. The lowest BCUT2D eigenvalue weighted by Crippen LogP contribution is -2.46. The molecule has 0 radical (unpaired) electrons. The largest absolute Gasteiger partial charge is 0.393 e. The molecule has 26 heavy (non-hydrogen) atoms. The lowest BCUT2D eigenvalue weighted by atomic mass is 9.86. The maximum atomic E-state index is 12.0. The molecule has 0 heterocycles. The first-order valence-electron chi connectivity index (χ1n) is 9.13. The van der Waals surface area contributed by atoms with Crippen molar-refractivity contribution in [3.8, 4) is 0 Å². The van der Waals surface area contributed by atoms with Crippen LogP contribution in [0.15, 0.2) is 47.5 Å². The zero-order chi connectivity index (χ0) is 18.4. The molecule has 138 valence electrons. The third-order valence-electron chi connectivity index (χ3n) is 4.94. The number of guanidine groups is 1. The van der Waals surface area contributed by atoms with Crippen molar-refractivity contribution < 1.29 is 9.90 Å². The molecule has 0 aliphatic heterocycles. The molecule has 5 N–H and O–H groups in total. The topological polar surface area (TPSA) is 99.7 Å². The minimum Gasteiger partial charge on any atom is -0.393 e. The number of aliphatic hydroxyl groups excluding tert-OH is 1. The van der Waals surface area contributed by atoms with E-state index in [2.05, 4.69) is 27.8 Å². The zero-order valence-corrected chi connectivity index (χ0v) is 14.8. The van der Waals surface area contributed by atoms with E-state index in [0.717, 1.165) is 42.0 Å². The van der Waals surface area contributed by atoms with Gasteiger partial charge in [-0.05, 0) is 29.2 Å². The number of nitrogens with two attached hydrogens (primary N) is 1. The van der Waals surface area contributed by atoms with Crippen molar-refractivity contribution in [2.75, 3.05) is 6.54 Å². The number of aliphatic hydroxyl groups is 1. The summed E-state index contributed by atoms with van der Waals surface area (Å²) in [5.74, 6) is 0.197. The highest BCUT2D eigenvalue weighted by Crippen LogP contribution is 2.23. The van der Waals surface area contributed by atoms with Crippen molar-refractivity contribution in [1.29, 1.82) is 0 Å². The van der Waals surface area contributed by atoms with Crippen LogP contribution >= 0.6 is 0 Å². The van der Waals surface area contributed by atoms with Gasteiger partial charge in [-0.2, -0.15) is 0 Å². The second kappa shape index (κ2) is 8.67. The Bertz CT molecular complexity index is 785. The van der Waals surface area contributed by atoms with Crippen molar-refractivity contribution in [2.45, 2.75) is 38.3 Å². The fourth-order valence-corrected chi connectivity index (χ4v) is 3.45. The van der Waals surface area contributed by atoms with E-state index in [9.17, 15) is 9.90 Å². The van der Waals surface area contributed by atoms with Crippen LogP contribution in [0.5, 0.6) is 0 Å². The minimum absolute atomic E-state index is 0.0830. The van der Waals surface area contributed by atoms with Gasteiger partial charge in [-0.1, -0.05) is 55.3 Å². The van der Waals surface area contributed by atoms with Crippen LogP contribution in [0.2, 0.25) is 0 Å². The van der Waals surface area contributed by atoms with E-state index in [1.54, 1.807) is 0 Å². The summed E-state index contributed by atoms with van der Waals surface area (Å²) in [4.78, 5) is 16.2. The fourth-order valence-electron chi connectivity index (χ4n) is 3.45. The van der Waals surface area contributed by atoms with Crippen LogP contribution < -0.4 is 16.4 Å². The molecular formula is C20H26N4O2. The highest BCUT2D eigenvalue weighted by atomic mass is 16.3. The first-order valence-corrected chi connectivity index (χ1v) is 9.13. The van der Waals surface area contributed by atoms with Gasteiger partial charge in [-0.15, -0.1) is 0 Å². The van der Waals surface area contributed by atoms with E-state index >= 15 is 0 Å². The summed E-state index contributed by atoms with van der Waals surface area (Å²) in [6, 6.07) is 13.7. The molecule has 1 aliphatic carbocycles. The molecule has 2 aromatic carbocycles. The standard InChI is InChI=1S/C20H26N4O2/c21-19(24-20(26)23-13-16-7-2-4-11-18(16)25)22-12-15-9-5-8-14-6-1-3-10-17(14)15/h1,3,5-6,8-10,16,18,25H,2,4,7,11-13H2,(H4,21,22,23,24,26)/t16?,18-/m1/s1. The first-order chi connectivity index (χ1) is 12.6. The normalized spacial score (nSPS) is 20.7. The summed E-state index contributed by atoms with van der Waals surface area (Å²) in [7, 11) is 0. The number of rotatable bonds is 4. The number of amides is 2. The number of carbonyl (C=O) groups excluding carboxylic acids is 1. The number of fused-ring (bicyclic) bond motifs is 1. The third-order valence-corrected chi connectivity index (χ3v) is 4.94. The monoisotopic (exact) mass is 354 g/mol. The molecule has 2 amide bonds. The number of nitrogens with one attached hydrogen (secondary N) is 2. The molecule has 3 rings (SSSR count). The molecule has 1 unspecified atom stereocenters. The summed E-state index contributed by atoms with van der Waals surface area (Å²) >= 11 is 0. The van der Waals surface area contributed by atoms with Crippen molar-refractivity contribution >= 4 is 22.8 Å². The quantitative estimate of drug-likeness (QED) is 0.501. The van der Waals surface area contributed by atoms with Crippen molar-refractivity contribution in [1.82, 2.24) is 10.6 Å². The van der Waals surface area contributed by atoms with Crippen LogP contribution in [0, 0.1) is 5.92 Å². The highest BCUT2D eigenvalue weighted by Gasteiger charge is 2.23. The van der Waals surface area contributed by atoms with Gasteiger partial charge in [0.25, 0.3) is 0 Å². The molecular weight excluding hydrogens is 328 g/mol. The lowest BCUT2D eigenvalue weighted by molar-refractivity contribution is 0.0710. The number of nitrogens with zero attached hydrogens (tertiary/aromatic N) is 1. The number of carbonyl (C=O) groups is 1. The van der Waals surface area contributed by atoms with Gasteiger partial charge < -0.3 is 16.2 Å². The molecule has 1 fully saturated rings. The van der Waals surface area contributed by atoms with Crippen molar-refractivity contribution in [3.63, 3.8) is 0 Å². The third kappa shape index (κ3) is 4.73. The first kappa shape index (κ1) is 18.2. The predicted octanol–water partition coefficient (Wildman–Crippen LogP) is 2.50. The van der Waals surface area contributed by atoms with Crippen molar-refractivity contribution in [3.05, 3.63) is 48.0 Å². The van der Waals surface area contributed by atoms with Gasteiger partial charge in [0.2, 0.25) is 0 Å². The van der Waals surface area contributed by atoms with Gasteiger partial charge in [0.05, 0.1) is 12.6 Å². The Kier molecular flexibility index (Phi) is 6.07. The van der Waals surface area contributed by atoms with Gasteiger partial charge in [0.1, 0.15) is 0 Å². The van der Waals surface area contributed by atoms with Crippen LogP contribution in [0.1, 0.15) is 31.2 Å². The van der Waals surface area contributed by atoms with Gasteiger partial charge in [0, 0.05) is 12.5 Å². The van der Waals surface area contributed by atoms with Crippen LogP contribution in [0.4, 0.5) is 4.79 Å². The Balaban J connectivity index is 1.52. The molecule has 0 saturated heterocycles. The van der Waals surface area contributed by atoms with Gasteiger partial charge >= 0.3 is 6.03 Å².